The van der Waals surface area contributed by atoms with Crippen LogP contribution in [0, 0.1) is 5.92 Å². The third-order valence-corrected chi connectivity index (χ3v) is 3.19. The molecular formula is C27H48N3O2S+. The first-order valence-corrected chi connectivity index (χ1v) is 12.3. The van der Waals surface area contributed by atoms with E-state index in [1.54, 1.807) is 6.08 Å². The molecule has 0 radical (unpaired) electrons. The molecule has 0 spiro atoms. The number of benzene rings is 1. The third-order valence-electron chi connectivity index (χ3n) is 3.19. The molecule has 6 heteroatoms. The molecule has 1 rings (SSSR count). The van der Waals surface area contributed by atoms with Crippen molar-refractivity contribution in [2.45, 2.75) is 54.4 Å². The van der Waals surface area contributed by atoms with Crippen LogP contribution < -0.4 is 16.0 Å². The molecule has 0 aliphatic heterocycles. The number of allylic oxidation sites excluding steroid dienone is 4. The van der Waals surface area contributed by atoms with Gasteiger partial charge in [-0.25, -0.2) is 4.99 Å². The predicted octanol–water partition coefficient (Wildman–Crippen LogP) is 4.26. The average Bonchev–Trinajstić information content (AvgIpc) is 2.78. The van der Waals surface area contributed by atoms with E-state index < -0.39 is 0 Å². The maximum atomic E-state index is 10.6. The lowest BCUT2D eigenvalue weighted by Gasteiger charge is -2.03. The number of aliphatic hydroxyl groups excluding tert-OH is 1. The van der Waals surface area contributed by atoms with Crippen molar-refractivity contribution in [1.82, 2.24) is 0 Å². The number of anilines is 1. The summed E-state index contributed by atoms with van der Waals surface area (Å²) in [6.45, 7) is 17.6. The Morgan fingerprint density at radius 1 is 1.24 bits per heavy atom. The van der Waals surface area contributed by atoms with Crippen LogP contribution in [0.25, 0.3) is 6.08 Å². The van der Waals surface area contributed by atoms with E-state index in [4.69, 9.17) is 10.8 Å². The van der Waals surface area contributed by atoms with E-state index in [1.807, 2.05) is 69.5 Å². The first-order valence-electron chi connectivity index (χ1n) is 11.7. The average molecular weight is 479 g/mol. The van der Waals surface area contributed by atoms with Gasteiger partial charge in [-0.1, -0.05) is 78.5 Å². The number of hydrogen-bond acceptors (Lipinski definition) is 4. The van der Waals surface area contributed by atoms with Gasteiger partial charge in [0.1, 0.15) is 6.54 Å². The van der Waals surface area contributed by atoms with E-state index in [0.717, 1.165) is 34.9 Å². The van der Waals surface area contributed by atoms with Crippen molar-refractivity contribution < 1.29 is 14.9 Å². The lowest BCUT2D eigenvalue weighted by Crippen LogP contribution is -2.68. The van der Waals surface area contributed by atoms with Crippen LogP contribution in [0.15, 0.2) is 54.6 Å². The van der Waals surface area contributed by atoms with Gasteiger partial charge in [0.2, 0.25) is 5.91 Å². The summed E-state index contributed by atoms with van der Waals surface area (Å²) in [6.07, 6.45) is 10.6. The van der Waals surface area contributed by atoms with E-state index >= 15 is 0 Å². The highest BCUT2D eigenvalue weighted by Crippen LogP contribution is 2.11. The summed E-state index contributed by atoms with van der Waals surface area (Å²) in [5.74, 6) is 1.50. The van der Waals surface area contributed by atoms with Gasteiger partial charge in [0, 0.05) is 31.1 Å². The van der Waals surface area contributed by atoms with Gasteiger partial charge < -0.3 is 16.2 Å². The molecule has 1 aromatic carbocycles. The Kier molecular flexibility index (Phi) is 29.6. The zero-order chi connectivity index (χ0) is 25.9. The molecule has 0 saturated carbocycles. The summed E-state index contributed by atoms with van der Waals surface area (Å²) >= 11 is 3.79. The molecule has 0 heterocycles. The standard InChI is InChI=1S/C19H25N3O2.C4H10.C2H6S.C2H6/c1-2-16(11-13-21-12-3-4-19(20)24)5-6-17-7-9-18(10-8-17)22-14-15-23;1-4(2)3;1-2-3;1-2/h2,5-11,13,22-23H,1,3-4,12,14-15H2,(H2,20,24);4H,1-3H3;3H,2H2,1H3;1-2H3/p+1/b6-5+,16-11+,21-13?;;;. The molecule has 0 unspecified atom stereocenters. The minimum absolute atomic E-state index is 0.113. The Bertz CT molecular complexity index is 664. The summed E-state index contributed by atoms with van der Waals surface area (Å²) in [5.41, 5.74) is 8.11. The fraction of sp³-hybridized carbons (Fsp3) is 0.481. The smallest absolute Gasteiger partial charge is 0.217 e. The lowest BCUT2D eigenvalue weighted by atomic mass is 10.1. The van der Waals surface area contributed by atoms with E-state index in [9.17, 15) is 4.79 Å². The van der Waals surface area contributed by atoms with Gasteiger partial charge in [0.05, 0.1) is 6.61 Å². The van der Waals surface area contributed by atoms with Crippen LogP contribution in [0.3, 0.4) is 0 Å². The van der Waals surface area contributed by atoms with Crippen molar-refractivity contribution in [3.05, 3.63) is 60.2 Å². The van der Waals surface area contributed by atoms with Crippen molar-refractivity contribution in [3.8, 4) is 0 Å². The minimum atomic E-state index is -0.278. The zero-order valence-electron chi connectivity index (χ0n) is 21.6. The molecule has 0 atom stereocenters. The molecule has 1 amide bonds. The van der Waals surface area contributed by atoms with Crippen molar-refractivity contribution in [2.75, 3.05) is 30.8 Å². The number of aliphatic hydroxyl groups is 1. The van der Waals surface area contributed by atoms with Gasteiger partial charge in [-0.3, -0.25) is 4.79 Å². The van der Waals surface area contributed by atoms with E-state index in [2.05, 4.69) is 50.3 Å². The maximum absolute atomic E-state index is 10.6. The van der Waals surface area contributed by atoms with Crippen molar-refractivity contribution in [2.24, 2.45) is 11.7 Å². The molecule has 0 aromatic heterocycles. The molecule has 0 fully saturated rings. The Morgan fingerprint density at radius 3 is 2.24 bits per heavy atom. The van der Waals surface area contributed by atoms with Crippen molar-refractivity contribution in [3.63, 3.8) is 0 Å². The van der Waals surface area contributed by atoms with Gasteiger partial charge in [-0.15, -0.1) is 0 Å². The fourth-order valence-corrected chi connectivity index (χ4v) is 1.90. The highest BCUT2D eigenvalue weighted by molar-refractivity contribution is 7.80. The van der Waals surface area contributed by atoms with Crippen LogP contribution in [-0.4, -0.2) is 42.7 Å². The Labute approximate surface area is 208 Å². The first kappa shape index (κ1) is 35.3. The molecule has 0 aliphatic rings. The van der Waals surface area contributed by atoms with Crippen molar-refractivity contribution >= 4 is 36.5 Å². The molecule has 188 valence electrons. The summed E-state index contributed by atoms with van der Waals surface area (Å²) in [6, 6.07) is 7.95. The SMILES string of the molecule is C=CC(/C=C/c1ccc(NCCO)cc1)=C\C=[NH+]CCCC(N)=O.CC.CC(C)C.CCS. The number of carbonyl (C=O) groups excluding carboxylic acids is 1. The first-order chi connectivity index (χ1) is 15.8. The number of rotatable bonds is 11. The van der Waals surface area contributed by atoms with Gasteiger partial charge in [-0.05, 0) is 34.9 Å². The molecule has 1 aromatic rings. The van der Waals surface area contributed by atoms with Gasteiger partial charge in [0.15, 0.2) is 6.21 Å². The van der Waals surface area contributed by atoms with Crippen LogP contribution in [0.5, 0.6) is 0 Å². The van der Waals surface area contributed by atoms with Gasteiger partial charge in [-0.2, -0.15) is 12.6 Å². The maximum Gasteiger partial charge on any atom is 0.217 e. The largest absolute Gasteiger partial charge is 0.395 e. The van der Waals surface area contributed by atoms with Crippen LogP contribution in [0.4, 0.5) is 5.69 Å². The summed E-state index contributed by atoms with van der Waals surface area (Å²) < 4.78 is 0. The van der Waals surface area contributed by atoms with E-state index in [-0.39, 0.29) is 12.5 Å². The number of nitrogens with two attached hydrogens (primary N) is 1. The Hall–Kier alpha value is -2.31. The zero-order valence-corrected chi connectivity index (χ0v) is 22.5. The topological polar surface area (TPSA) is 89.3 Å². The van der Waals surface area contributed by atoms with Crippen LogP contribution in [-0.2, 0) is 4.79 Å². The lowest BCUT2D eigenvalue weighted by molar-refractivity contribution is -0.451. The Morgan fingerprint density at radius 2 is 1.79 bits per heavy atom. The second-order valence-corrected chi connectivity index (χ2v) is 7.85. The van der Waals surface area contributed by atoms with E-state index in [0.29, 0.717) is 19.5 Å². The number of hydrogen-bond donors (Lipinski definition) is 5. The number of amides is 1. The second kappa shape index (κ2) is 27.7. The van der Waals surface area contributed by atoms with E-state index in [1.165, 1.54) is 0 Å². The number of primary amides is 1. The molecular weight excluding hydrogens is 430 g/mol. The third kappa shape index (κ3) is 29.7. The summed E-state index contributed by atoms with van der Waals surface area (Å²) in [7, 11) is 0. The quantitative estimate of drug-likeness (QED) is 0.142. The number of thiol groups is 1. The normalized spacial score (nSPS) is 10.5. The number of carbonyl (C=O) groups is 1. The van der Waals surface area contributed by atoms with Gasteiger partial charge >= 0.3 is 0 Å². The van der Waals surface area contributed by atoms with Crippen LogP contribution in [0.1, 0.15) is 59.9 Å². The Balaban J connectivity index is -0.000000861. The molecule has 33 heavy (non-hydrogen) atoms. The fourth-order valence-electron chi connectivity index (χ4n) is 1.90. The van der Waals surface area contributed by atoms with Crippen LogP contribution >= 0.6 is 12.6 Å². The number of nitrogens with one attached hydrogen (secondary N) is 2. The predicted molar refractivity (Wildman–Crippen MR) is 151 cm³/mol. The van der Waals surface area contributed by atoms with Gasteiger partial charge in [0.25, 0.3) is 0 Å². The monoisotopic (exact) mass is 478 g/mol. The molecule has 0 aliphatic carbocycles. The summed E-state index contributed by atoms with van der Waals surface area (Å²) in [4.78, 5) is 13.7. The molecule has 0 bridgehead atoms. The molecule has 5 nitrogen and oxygen atoms in total. The highest BCUT2D eigenvalue weighted by Gasteiger charge is 1.94. The minimum Gasteiger partial charge on any atom is -0.395 e. The highest BCUT2D eigenvalue weighted by atomic mass is 32.1. The second-order valence-electron chi connectivity index (χ2n) is 7.22. The van der Waals surface area contributed by atoms with Crippen molar-refractivity contribution in [1.29, 1.82) is 0 Å². The van der Waals surface area contributed by atoms with Crippen LogP contribution in [0.2, 0.25) is 0 Å². The summed E-state index contributed by atoms with van der Waals surface area (Å²) in [5, 5.41) is 11.9. The molecule has 5 N–H and O–H groups in total. The molecule has 0 saturated heterocycles.